The molecule has 2 aromatic carbocycles. The molecular formula is C18H22O3. The van der Waals surface area contributed by atoms with Crippen LogP contribution < -0.4 is 9.47 Å². The molecule has 0 bridgehead atoms. The Hall–Kier alpha value is -2.00. The van der Waals surface area contributed by atoms with Gasteiger partial charge in [-0.25, -0.2) is 0 Å². The summed E-state index contributed by atoms with van der Waals surface area (Å²) in [6.07, 6.45) is -0.712. The molecular weight excluding hydrogens is 264 g/mol. The van der Waals surface area contributed by atoms with Gasteiger partial charge >= 0.3 is 0 Å². The Morgan fingerprint density at radius 2 is 1.71 bits per heavy atom. The Balaban J connectivity index is 2.43. The number of hydrogen-bond acceptors (Lipinski definition) is 3. The second-order valence-corrected chi connectivity index (χ2v) is 5.06. The number of aliphatic hydroxyl groups is 1. The van der Waals surface area contributed by atoms with Gasteiger partial charge in [0.15, 0.2) is 0 Å². The molecule has 0 fully saturated rings. The summed E-state index contributed by atoms with van der Waals surface area (Å²) in [4.78, 5) is 0. The van der Waals surface area contributed by atoms with E-state index in [-0.39, 0.29) is 0 Å². The van der Waals surface area contributed by atoms with Crippen LogP contribution in [0.2, 0.25) is 0 Å². The van der Waals surface area contributed by atoms with Crippen LogP contribution in [0.4, 0.5) is 0 Å². The van der Waals surface area contributed by atoms with E-state index < -0.39 is 6.10 Å². The third kappa shape index (κ3) is 3.19. The van der Waals surface area contributed by atoms with Crippen LogP contribution in [0.3, 0.4) is 0 Å². The average Bonchev–Trinajstić information content (AvgIpc) is 2.47. The summed E-state index contributed by atoms with van der Waals surface area (Å²) in [5.74, 6) is 1.59. The van der Waals surface area contributed by atoms with Crippen molar-refractivity contribution >= 4 is 0 Å². The summed E-state index contributed by atoms with van der Waals surface area (Å²) in [5.41, 5.74) is 3.65. The fraction of sp³-hybridized carbons (Fsp3) is 0.333. The Morgan fingerprint density at radius 1 is 1.10 bits per heavy atom. The van der Waals surface area contributed by atoms with E-state index in [1.807, 2.05) is 57.2 Å². The summed E-state index contributed by atoms with van der Waals surface area (Å²) in [6, 6.07) is 11.5. The summed E-state index contributed by atoms with van der Waals surface area (Å²) in [7, 11) is 1.66. The molecule has 3 heteroatoms. The first-order valence-electron chi connectivity index (χ1n) is 7.13. The van der Waals surface area contributed by atoms with Crippen LogP contribution in [-0.2, 0) is 0 Å². The van der Waals surface area contributed by atoms with Crippen LogP contribution in [0, 0.1) is 13.8 Å². The predicted molar refractivity (Wildman–Crippen MR) is 84.1 cm³/mol. The number of aliphatic hydroxyl groups excluding tert-OH is 1. The highest BCUT2D eigenvalue weighted by atomic mass is 16.5. The highest BCUT2D eigenvalue weighted by Gasteiger charge is 2.17. The molecule has 1 atom stereocenters. The van der Waals surface area contributed by atoms with Crippen molar-refractivity contribution in [2.24, 2.45) is 0 Å². The van der Waals surface area contributed by atoms with Crippen LogP contribution in [0.1, 0.15) is 35.3 Å². The zero-order valence-corrected chi connectivity index (χ0v) is 13.0. The number of benzene rings is 2. The van der Waals surface area contributed by atoms with Gasteiger partial charge in [-0.05, 0) is 55.7 Å². The third-order valence-corrected chi connectivity index (χ3v) is 3.52. The van der Waals surface area contributed by atoms with Gasteiger partial charge in [-0.3, -0.25) is 0 Å². The number of methoxy groups -OCH3 is 1. The lowest BCUT2D eigenvalue weighted by Crippen LogP contribution is -2.05. The topological polar surface area (TPSA) is 38.7 Å². The first-order valence-corrected chi connectivity index (χ1v) is 7.13. The van der Waals surface area contributed by atoms with Gasteiger partial charge in [-0.15, -0.1) is 0 Å². The zero-order chi connectivity index (χ0) is 15.4. The monoisotopic (exact) mass is 286 g/mol. The molecule has 0 heterocycles. The number of para-hydroxylation sites is 1. The lowest BCUT2D eigenvalue weighted by Gasteiger charge is -2.18. The van der Waals surface area contributed by atoms with E-state index in [2.05, 4.69) is 0 Å². The van der Waals surface area contributed by atoms with Crippen LogP contribution >= 0.6 is 0 Å². The highest BCUT2D eigenvalue weighted by molar-refractivity contribution is 5.47. The van der Waals surface area contributed by atoms with E-state index in [1.165, 1.54) is 0 Å². The molecule has 0 spiro atoms. The molecule has 112 valence electrons. The van der Waals surface area contributed by atoms with Crippen molar-refractivity contribution in [2.45, 2.75) is 26.9 Å². The minimum atomic E-state index is -0.712. The molecule has 0 radical (unpaired) electrons. The molecule has 0 aliphatic heterocycles. The molecule has 0 amide bonds. The molecule has 1 unspecified atom stereocenters. The zero-order valence-electron chi connectivity index (χ0n) is 13.0. The van der Waals surface area contributed by atoms with Crippen LogP contribution in [-0.4, -0.2) is 18.8 Å². The molecule has 2 aromatic rings. The Bertz CT molecular complexity index is 597. The van der Waals surface area contributed by atoms with Crippen LogP contribution in [0.25, 0.3) is 0 Å². The van der Waals surface area contributed by atoms with Gasteiger partial charge < -0.3 is 14.6 Å². The summed E-state index contributed by atoms with van der Waals surface area (Å²) in [6.45, 7) is 6.47. The fourth-order valence-electron chi connectivity index (χ4n) is 2.64. The predicted octanol–water partition coefficient (Wildman–Crippen LogP) is 3.79. The Labute approximate surface area is 126 Å². The van der Waals surface area contributed by atoms with Crippen molar-refractivity contribution in [2.75, 3.05) is 13.7 Å². The number of hydrogen-bond donors (Lipinski definition) is 1. The first-order chi connectivity index (χ1) is 10.1. The van der Waals surface area contributed by atoms with E-state index in [1.54, 1.807) is 7.11 Å². The smallest absolute Gasteiger partial charge is 0.125 e. The van der Waals surface area contributed by atoms with Crippen molar-refractivity contribution < 1.29 is 14.6 Å². The van der Waals surface area contributed by atoms with Gasteiger partial charge in [0.2, 0.25) is 0 Å². The lowest BCUT2D eigenvalue weighted by atomic mass is 9.96. The molecule has 0 aliphatic rings. The van der Waals surface area contributed by atoms with Crippen molar-refractivity contribution in [3.63, 3.8) is 0 Å². The van der Waals surface area contributed by atoms with Gasteiger partial charge in [-0.1, -0.05) is 18.2 Å². The second kappa shape index (κ2) is 6.64. The maximum Gasteiger partial charge on any atom is 0.125 e. The summed E-state index contributed by atoms with van der Waals surface area (Å²) in [5, 5.41) is 10.7. The molecule has 0 saturated carbocycles. The molecule has 0 aromatic heterocycles. The van der Waals surface area contributed by atoms with Crippen LogP contribution in [0.5, 0.6) is 11.5 Å². The van der Waals surface area contributed by atoms with E-state index in [0.29, 0.717) is 6.61 Å². The largest absolute Gasteiger partial charge is 0.496 e. The molecule has 21 heavy (non-hydrogen) atoms. The lowest BCUT2D eigenvalue weighted by molar-refractivity contribution is 0.211. The van der Waals surface area contributed by atoms with Crippen LogP contribution in [0.15, 0.2) is 36.4 Å². The average molecular weight is 286 g/mol. The van der Waals surface area contributed by atoms with Gasteiger partial charge in [-0.2, -0.15) is 0 Å². The summed E-state index contributed by atoms with van der Waals surface area (Å²) < 4.78 is 11.0. The standard InChI is InChI=1S/C18H22O3/c1-5-21-16-9-7-6-8-15(16)17(19)14-10-12(2)18(20-4)13(3)11-14/h6-11,17,19H,5H2,1-4H3. The minimum absolute atomic E-state index is 0.574. The van der Waals surface area contributed by atoms with Gasteiger partial charge in [0, 0.05) is 5.56 Å². The maximum absolute atomic E-state index is 10.7. The minimum Gasteiger partial charge on any atom is -0.496 e. The normalized spacial score (nSPS) is 12.0. The van der Waals surface area contributed by atoms with Gasteiger partial charge in [0.05, 0.1) is 13.7 Å². The number of ether oxygens (including phenoxy) is 2. The molecule has 0 saturated heterocycles. The fourth-order valence-corrected chi connectivity index (χ4v) is 2.64. The third-order valence-electron chi connectivity index (χ3n) is 3.52. The Morgan fingerprint density at radius 3 is 2.29 bits per heavy atom. The molecule has 1 N–H and O–H groups in total. The first kappa shape index (κ1) is 15.4. The van der Waals surface area contributed by atoms with E-state index >= 15 is 0 Å². The molecule has 3 nitrogen and oxygen atoms in total. The number of aryl methyl sites for hydroxylation is 2. The van der Waals surface area contributed by atoms with Crippen molar-refractivity contribution in [1.82, 2.24) is 0 Å². The van der Waals surface area contributed by atoms with Crippen molar-refractivity contribution in [3.05, 3.63) is 58.7 Å². The highest BCUT2D eigenvalue weighted by Crippen LogP contribution is 2.33. The maximum atomic E-state index is 10.7. The van der Waals surface area contributed by atoms with E-state index in [4.69, 9.17) is 9.47 Å². The van der Waals surface area contributed by atoms with E-state index in [9.17, 15) is 5.11 Å². The van der Waals surface area contributed by atoms with Crippen molar-refractivity contribution in [1.29, 1.82) is 0 Å². The molecule has 2 rings (SSSR count). The summed E-state index contributed by atoms with van der Waals surface area (Å²) >= 11 is 0. The van der Waals surface area contributed by atoms with E-state index in [0.717, 1.165) is 33.8 Å². The SMILES string of the molecule is CCOc1ccccc1C(O)c1cc(C)c(OC)c(C)c1. The van der Waals surface area contributed by atoms with Gasteiger partial charge in [0.25, 0.3) is 0 Å². The van der Waals surface area contributed by atoms with Crippen molar-refractivity contribution in [3.8, 4) is 11.5 Å². The Kier molecular flexibility index (Phi) is 4.86. The van der Waals surface area contributed by atoms with Gasteiger partial charge in [0.1, 0.15) is 17.6 Å². The number of rotatable bonds is 5. The molecule has 0 aliphatic carbocycles. The second-order valence-electron chi connectivity index (χ2n) is 5.06. The quantitative estimate of drug-likeness (QED) is 0.908.